The fraction of sp³-hybridized carbons (Fsp3) is 0.350. The lowest BCUT2D eigenvalue weighted by Gasteiger charge is -2.25. The minimum Gasteiger partial charge on any atom is -0.339 e. The fourth-order valence-corrected chi connectivity index (χ4v) is 5.43. The second-order valence-corrected chi connectivity index (χ2v) is 9.78. The third kappa shape index (κ3) is 4.77. The van der Waals surface area contributed by atoms with Crippen LogP contribution in [-0.2, 0) is 21.2 Å². The number of sulfonamides is 1. The maximum absolute atomic E-state index is 12.7. The van der Waals surface area contributed by atoms with Gasteiger partial charge in [0, 0.05) is 42.6 Å². The van der Waals surface area contributed by atoms with Gasteiger partial charge in [0.2, 0.25) is 27.6 Å². The van der Waals surface area contributed by atoms with E-state index in [9.17, 15) is 13.2 Å². The molecule has 30 heavy (non-hydrogen) atoms. The Kier molecular flexibility index (Phi) is 6.26. The number of aromatic nitrogens is 2. The van der Waals surface area contributed by atoms with E-state index in [0.717, 1.165) is 24.8 Å². The van der Waals surface area contributed by atoms with Gasteiger partial charge < -0.3 is 9.84 Å². The average molecular weight is 447 g/mol. The van der Waals surface area contributed by atoms with Crippen molar-refractivity contribution in [3.05, 3.63) is 47.0 Å². The number of rotatable bonds is 7. The number of nitrogens with zero attached hydrogens (tertiary/aromatic N) is 3. The van der Waals surface area contributed by atoms with Gasteiger partial charge >= 0.3 is 0 Å². The van der Waals surface area contributed by atoms with Crippen LogP contribution in [-0.4, -0.2) is 41.9 Å². The van der Waals surface area contributed by atoms with E-state index in [1.54, 1.807) is 23.5 Å². The van der Waals surface area contributed by atoms with E-state index in [1.165, 1.54) is 16.4 Å². The van der Waals surface area contributed by atoms with Crippen LogP contribution in [0.1, 0.15) is 31.6 Å². The number of benzene rings is 1. The zero-order chi connectivity index (χ0) is 21.0. The SMILES string of the molecule is O=C(CCc1nc(-c2ccsc2)no1)Nc1ccc(S(=O)(=O)N2CCCCC2)cc1. The number of carbonyl (C=O) groups excluding carboxylic acids is 1. The molecule has 158 valence electrons. The van der Waals surface area contributed by atoms with Crippen molar-refractivity contribution in [2.45, 2.75) is 37.0 Å². The molecule has 1 saturated heterocycles. The highest BCUT2D eigenvalue weighted by atomic mass is 32.2. The normalized spacial score (nSPS) is 15.2. The van der Waals surface area contributed by atoms with Gasteiger partial charge in [0.05, 0.1) is 4.90 Å². The number of anilines is 1. The summed E-state index contributed by atoms with van der Waals surface area (Å²) in [6.07, 6.45) is 3.35. The molecule has 1 fully saturated rings. The van der Waals surface area contributed by atoms with Gasteiger partial charge in [0.25, 0.3) is 0 Å². The van der Waals surface area contributed by atoms with Crippen LogP contribution < -0.4 is 5.32 Å². The van der Waals surface area contributed by atoms with Crippen molar-refractivity contribution in [3.63, 3.8) is 0 Å². The largest absolute Gasteiger partial charge is 0.339 e. The monoisotopic (exact) mass is 446 g/mol. The van der Waals surface area contributed by atoms with Gasteiger partial charge in [-0.3, -0.25) is 4.79 Å². The van der Waals surface area contributed by atoms with E-state index < -0.39 is 10.0 Å². The summed E-state index contributed by atoms with van der Waals surface area (Å²) in [4.78, 5) is 16.8. The predicted octanol–water partition coefficient (Wildman–Crippen LogP) is 3.54. The number of amides is 1. The third-order valence-electron chi connectivity index (χ3n) is 4.90. The Hall–Kier alpha value is -2.56. The topological polar surface area (TPSA) is 105 Å². The first kappa shape index (κ1) is 20.7. The molecule has 0 atom stereocenters. The molecule has 0 unspecified atom stereocenters. The molecule has 0 bridgehead atoms. The molecule has 10 heteroatoms. The highest BCUT2D eigenvalue weighted by Gasteiger charge is 2.25. The Morgan fingerprint density at radius 2 is 1.90 bits per heavy atom. The highest BCUT2D eigenvalue weighted by molar-refractivity contribution is 7.89. The molecule has 8 nitrogen and oxygen atoms in total. The lowest BCUT2D eigenvalue weighted by Crippen LogP contribution is -2.35. The molecule has 1 aliphatic heterocycles. The molecule has 1 aromatic carbocycles. The zero-order valence-corrected chi connectivity index (χ0v) is 17.9. The summed E-state index contributed by atoms with van der Waals surface area (Å²) in [5.41, 5.74) is 1.43. The average Bonchev–Trinajstić information content (AvgIpc) is 3.45. The van der Waals surface area contributed by atoms with Crippen LogP contribution in [0.3, 0.4) is 0 Å². The zero-order valence-electron chi connectivity index (χ0n) is 16.3. The molecule has 1 N–H and O–H groups in total. The molecular weight excluding hydrogens is 424 g/mol. The van der Waals surface area contributed by atoms with E-state index in [4.69, 9.17) is 4.52 Å². The van der Waals surface area contributed by atoms with Crippen molar-refractivity contribution in [1.29, 1.82) is 0 Å². The number of carbonyl (C=O) groups is 1. The van der Waals surface area contributed by atoms with Gasteiger partial charge in [-0.1, -0.05) is 11.6 Å². The Morgan fingerprint density at radius 3 is 2.60 bits per heavy atom. The first-order valence-corrected chi connectivity index (χ1v) is 12.2. The lowest BCUT2D eigenvalue weighted by molar-refractivity contribution is -0.116. The molecule has 0 spiro atoms. The van der Waals surface area contributed by atoms with Crippen LogP contribution in [0.2, 0.25) is 0 Å². The summed E-state index contributed by atoms with van der Waals surface area (Å²) in [5, 5.41) is 10.5. The maximum Gasteiger partial charge on any atom is 0.243 e. The van der Waals surface area contributed by atoms with Crippen molar-refractivity contribution < 1.29 is 17.7 Å². The highest BCUT2D eigenvalue weighted by Crippen LogP contribution is 2.22. The lowest BCUT2D eigenvalue weighted by atomic mass is 10.2. The summed E-state index contributed by atoms with van der Waals surface area (Å²) in [7, 11) is -3.48. The van der Waals surface area contributed by atoms with Gasteiger partial charge in [-0.05, 0) is 48.6 Å². The second kappa shape index (κ2) is 9.07. The van der Waals surface area contributed by atoms with Crippen LogP contribution >= 0.6 is 11.3 Å². The first-order valence-electron chi connectivity index (χ1n) is 9.77. The molecule has 0 radical (unpaired) electrons. The number of hydrogen-bond acceptors (Lipinski definition) is 7. The van der Waals surface area contributed by atoms with Gasteiger partial charge in [0.1, 0.15) is 0 Å². The Labute approximate surface area is 179 Å². The van der Waals surface area contributed by atoms with Crippen LogP contribution in [0, 0.1) is 0 Å². The number of nitrogens with one attached hydrogen (secondary N) is 1. The van der Waals surface area contributed by atoms with Crippen LogP contribution in [0.5, 0.6) is 0 Å². The summed E-state index contributed by atoms with van der Waals surface area (Å²) in [5.74, 6) is 0.698. The summed E-state index contributed by atoms with van der Waals surface area (Å²) in [6.45, 7) is 1.12. The molecule has 3 aromatic rings. The van der Waals surface area contributed by atoms with E-state index in [0.29, 0.717) is 36.9 Å². The third-order valence-corrected chi connectivity index (χ3v) is 7.50. The van der Waals surface area contributed by atoms with Crippen LogP contribution in [0.25, 0.3) is 11.4 Å². The Morgan fingerprint density at radius 1 is 1.13 bits per heavy atom. The van der Waals surface area contributed by atoms with Crippen molar-refractivity contribution in [3.8, 4) is 11.4 Å². The van der Waals surface area contributed by atoms with E-state index in [1.807, 2.05) is 16.8 Å². The molecule has 3 heterocycles. The van der Waals surface area contributed by atoms with Crippen LogP contribution in [0.15, 0.2) is 50.5 Å². The van der Waals surface area contributed by atoms with Gasteiger partial charge in [0.15, 0.2) is 0 Å². The molecule has 1 amide bonds. The molecular formula is C20H22N4O4S2. The van der Waals surface area contributed by atoms with Gasteiger partial charge in [-0.2, -0.15) is 20.6 Å². The van der Waals surface area contributed by atoms with E-state index >= 15 is 0 Å². The van der Waals surface area contributed by atoms with Gasteiger partial charge in [-0.25, -0.2) is 8.42 Å². The summed E-state index contributed by atoms with van der Waals surface area (Å²) in [6, 6.07) is 8.18. The quantitative estimate of drug-likeness (QED) is 0.595. The number of aryl methyl sites for hydroxylation is 1. The van der Waals surface area contributed by atoms with Crippen molar-refractivity contribution in [1.82, 2.24) is 14.4 Å². The number of thiophene rings is 1. The standard InChI is InChI=1S/C20H22N4O4S2/c25-18(8-9-19-22-20(23-28-19)15-10-13-29-14-15)21-16-4-6-17(7-5-16)30(26,27)24-11-2-1-3-12-24/h4-7,10,13-14H,1-3,8-9,11-12H2,(H,21,25). The number of hydrogen-bond donors (Lipinski definition) is 1. The van der Waals surface area contributed by atoms with Crippen molar-refractivity contribution in [2.75, 3.05) is 18.4 Å². The second-order valence-electron chi connectivity index (χ2n) is 7.06. The van der Waals surface area contributed by atoms with Gasteiger partial charge in [-0.15, -0.1) is 0 Å². The minimum atomic E-state index is -3.48. The molecule has 0 aliphatic carbocycles. The van der Waals surface area contributed by atoms with Crippen molar-refractivity contribution in [2.24, 2.45) is 0 Å². The molecule has 0 saturated carbocycles. The smallest absolute Gasteiger partial charge is 0.243 e. The summed E-state index contributed by atoms with van der Waals surface area (Å²) >= 11 is 1.55. The molecule has 1 aliphatic rings. The molecule has 2 aromatic heterocycles. The maximum atomic E-state index is 12.7. The van der Waals surface area contributed by atoms with Crippen molar-refractivity contribution >= 4 is 33.0 Å². The number of piperidine rings is 1. The Balaban J connectivity index is 1.31. The fourth-order valence-electron chi connectivity index (χ4n) is 3.27. The summed E-state index contributed by atoms with van der Waals surface area (Å²) < 4.78 is 32.1. The minimum absolute atomic E-state index is 0.180. The Bertz CT molecular complexity index is 1090. The first-order chi connectivity index (χ1) is 14.5. The van der Waals surface area contributed by atoms with E-state index in [-0.39, 0.29) is 17.2 Å². The van der Waals surface area contributed by atoms with Crippen LogP contribution in [0.4, 0.5) is 5.69 Å². The molecule has 4 rings (SSSR count). The van der Waals surface area contributed by atoms with E-state index in [2.05, 4.69) is 15.5 Å². The predicted molar refractivity (Wildman–Crippen MR) is 114 cm³/mol.